The summed E-state index contributed by atoms with van der Waals surface area (Å²) in [7, 11) is 0. The molecular weight excluding hydrogens is 281 g/mol. The van der Waals surface area contributed by atoms with E-state index in [9.17, 15) is 4.39 Å². The van der Waals surface area contributed by atoms with Gasteiger partial charge in [-0.05, 0) is 79.2 Å². The van der Waals surface area contributed by atoms with Crippen molar-refractivity contribution in [1.82, 2.24) is 5.32 Å². The van der Waals surface area contributed by atoms with Crippen LogP contribution in [-0.4, -0.2) is 12.1 Å². The van der Waals surface area contributed by atoms with Gasteiger partial charge in [-0.15, -0.1) is 0 Å². The molecule has 2 atom stereocenters. The monoisotopic (exact) mass is 299 g/mol. The molecule has 1 aliphatic carbocycles. The van der Waals surface area contributed by atoms with E-state index in [-0.39, 0.29) is 11.4 Å². The smallest absolute Gasteiger partial charge is 0.137 e. The Kier molecular flexibility index (Phi) is 3.60. The molecule has 1 saturated carbocycles. The molecule has 17 heavy (non-hydrogen) atoms. The Morgan fingerprint density at radius 1 is 1.41 bits per heavy atom. The molecule has 0 spiro atoms. The third-order valence-electron chi connectivity index (χ3n) is 3.19. The maximum absolute atomic E-state index is 13.4. The van der Waals surface area contributed by atoms with Crippen molar-refractivity contribution >= 4 is 15.9 Å². The summed E-state index contributed by atoms with van der Waals surface area (Å²) in [5.74, 6) is 1.04. The quantitative estimate of drug-likeness (QED) is 0.887. The maximum atomic E-state index is 13.4. The lowest BCUT2D eigenvalue weighted by Crippen LogP contribution is -2.37. The van der Waals surface area contributed by atoms with Crippen LogP contribution in [0.3, 0.4) is 0 Å². The molecule has 0 radical (unpaired) electrons. The lowest BCUT2D eigenvalue weighted by atomic mass is 10.1. The molecule has 0 saturated heterocycles. The number of hydrogen-bond acceptors (Lipinski definition) is 1. The van der Waals surface area contributed by atoms with E-state index < -0.39 is 0 Å². The van der Waals surface area contributed by atoms with Gasteiger partial charge in [0.1, 0.15) is 5.82 Å². The SMILES string of the molecule is CC(C)(C)NCC1CC1c1ccc(Br)c(F)c1. The molecular formula is C14H19BrFN. The Morgan fingerprint density at radius 3 is 2.71 bits per heavy atom. The van der Waals surface area contributed by atoms with Gasteiger partial charge >= 0.3 is 0 Å². The average molecular weight is 300 g/mol. The lowest BCUT2D eigenvalue weighted by Gasteiger charge is -2.20. The van der Waals surface area contributed by atoms with E-state index in [1.165, 1.54) is 6.42 Å². The molecule has 1 nitrogen and oxygen atoms in total. The second-order valence-corrected chi connectivity index (χ2v) is 6.76. The van der Waals surface area contributed by atoms with Crippen molar-refractivity contribution in [3.05, 3.63) is 34.1 Å². The second kappa shape index (κ2) is 4.69. The van der Waals surface area contributed by atoms with E-state index >= 15 is 0 Å². The molecule has 1 aromatic carbocycles. The molecule has 3 heteroatoms. The highest BCUT2D eigenvalue weighted by Gasteiger charge is 2.38. The molecule has 0 aliphatic heterocycles. The Bertz CT molecular complexity index is 411. The van der Waals surface area contributed by atoms with Crippen LogP contribution < -0.4 is 5.32 Å². The first-order chi connectivity index (χ1) is 7.87. The first-order valence-corrected chi connectivity index (χ1v) is 6.86. The van der Waals surface area contributed by atoms with Crippen molar-refractivity contribution in [1.29, 1.82) is 0 Å². The van der Waals surface area contributed by atoms with Crippen molar-refractivity contribution in [3.8, 4) is 0 Å². The standard InChI is InChI=1S/C14H19BrFN/c1-14(2,3)17-8-10-6-11(10)9-4-5-12(15)13(16)7-9/h4-5,7,10-11,17H,6,8H2,1-3H3. The molecule has 1 fully saturated rings. The summed E-state index contributed by atoms with van der Waals surface area (Å²) in [6, 6.07) is 5.48. The third-order valence-corrected chi connectivity index (χ3v) is 3.83. The summed E-state index contributed by atoms with van der Waals surface area (Å²) in [6.07, 6.45) is 1.17. The minimum absolute atomic E-state index is 0.156. The van der Waals surface area contributed by atoms with Crippen molar-refractivity contribution < 1.29 is 4.39 Å². The van der Waals surface area contributed by atoms with Gasteiger partial charge in [0, 0.05) is 5.54 Å². The Morgan fingerprint density at radius 2 is 2.12 bits per heavy atom. The summed E-state index contributed by atoms with van der Waals surface area (Å²) in [6.45, 7) is 7.53. The molecule has 0 amide bonds. The van der Waals surface area contributed by atoms with E-state index in [1.807, 2.05) is 6.07 Å². The van der Waals surface area contributed by atoms with Crippen LogP contribution in [0.2, 0.25) is 0 Å². The molecule has 0 aromatic heterocycles. The summed E-state index contributed by atoms with van der Waals surface area (Å²) in [4.78, 5) is 0. The van der Waals surface area contributed by atoms with Crippen molar-refractivity contribution in [2.75, 3.05) is 6.54 Å². The van der Waals surface area contributed by atoms with Crippen LogP contribution in [0.15, 0.2) is 22.7 Å². The van der Waals surface area contributed by atoms with Gasteiger partial charge in [-0.3, -0.25) is 0 Å². The Labute approximate surface area is 111 Å². The zero-order valence-corrected chi connectivity index (χ0v) is 12.1. The van der Waals surface area contributed by atoms with Crippen molar-refractivity contribution in [2.45, 2.75) is 38.6 Å². The van der Waals surface area contributed by atoms with Crippen LogP contribution >= 0.6 is 15.9 Å². The number of hydrogen-bond donors (Lipinski definition) is 1. The van der Waals surface area contributed by atoms with Crippen molar-refractivity contribution in [2.24, 2.45) is 5.92 Å². The molecule has 1 N–H and O–H groups in total. The second-order valence-electron chi connectivity index (χ2n) is 5.91. The Hall–Kier alpha value is -0.410. The van der Waals surface area contributed by atoms with E-state index in [0.29, 0.717) is 16.3 Å². The zero-order valence-electron chi connectivity index (χ0n) is 10.6. The van der Waals surface area contributed by atoms with E-state index in [0.717, 1.165) is 12.1 Å². The van der Waals surface area contributed by atoms with Gasteiger partial charge in [-0.2, -0.15) is 0 Å². The van der Waals surface area contributed by atoms with E-state index in [4.69, 9.17) is 0 Å². The van der Waals surface area contributed by atoms with Gasteiger partial charge in [-0.25, -0.2) is 4.39 Å². The van der Waals surface area contributed by atoms with E-state index in [1.54, 1.807) is 12.1 Å². The highest BCUT2D eigenvalue weighted by Crippen LogP contribution is 2.47. The number of nitrogens with one attached hydrogen (secondary N) is 1. The highest BCUT2D eigenvalue weighted by atomic mass is 79.9. The highest BCUT2D eigenvalue weighted by molar-refractivity contribution is 9.10. The summed E-state index contributed by atoms with van der Waals surface area (Å²) < 4.78 is 14.0. The first-order valence-electron chi connectivity index (χ1n) is 6.07. The van der Waals surface area contributed by atoms with Gasteiger partial charge in [0.15, 0.2) is 0 Å². The minimum atomic E-state index is -0.156. The van der Waals surface area contributed by atoms with Gasteiger partial charge in [0.2, 0.25) is 0 Å². The topological polar surface area (TPSA) is 12.0 Å². The van der Waals surface area contributed by atoms with Gasteiger partial charge < -0.3 is 5.32 Å². The fraction of sp³-hybridized carbons (Fsp3) is 0.571. The normalized spacial score (nSPS) is 23.8. The molecule has 1 aliphatic rings. The van der Waals surface area contributed by atoms with Gasteiger partial charge in [0.05, 0.1) is 4.47 Å². The largest absolute Gasteiger partial charge is 0.312 e. The number of rotatable bonds is 3. The number of benzene rings is 1. The van der Waals surface area contributed by atoms with Crippen LogP contribution in [0.1, 0.15) is 38.7 Å². The van der Waals surface area contributed by atoms with Crippen LogP contribution in [-0.2, 0) is 0 Å². The van der Waals surface area contributed by atoms with Crippen LogP contribution in [0.5, 0.6) is 0 Å². The molecule has 1 aromatic rings. The molecule has 2 unspecified atom stereocenters. The molecule has 0 bridgehead atoms. The van der Waals surface area contributed by atoms with Crippen LogP contribution in [0, 0.1) is 11.7 Å². The molecule has 0 heterocycles. The fourth-order valence-electron chi connectivity index (χ4n) is 2.06. The minimum Gasteiger partial charge on any atom is -0.312 e. The molecule has 94 valence electrons. The zero-order chi connectivity index (χ0) is 12.6. The maximum Gasteiger partial charge on any atom is 0.137 e. The predicted octanol–water partition coefficient (Wildman–Crippen LogP) is 4.08. The average Bonchev–Trinajstić information content (AvgIpc) is 2.97. The van der Waals surface area contributed by atoms with Crippen molar-refractivity contribution in [3.63, 3.8) is 0 Å². The number of halogens is 2. The third kappa shape index (κ3) is 3.52. The Balaban J connectivity index is 1.92. The van der Waals surface area contributed by atoms with Gasteiger partial charge in [-0.1, -0.05) is 6.07 Å². The fourth-order valence-corrected chi connectivity index (χ4v) is 2.31. The first kappa shape index (κ1) is 13.0. The van der Waals surface area contributed by atoms with Crippen LogP contribution in [0.4, 0.5) is 4.39 Å². The lowest BCUT2D eigenvalue weighted by molar-refractivity contribution is 0.414. The van der Waals surface area contributed by atoms with Crippen LogP contribution in [0.25, 0.3) is 0 Å². The summed E-state index contributed by atoms with van der Waals surface area (Å²) in [5.41, 5.74) is 1.30. The molecule has 2 rings (SSSR count). The summed E-state index contributed by atoms with van der Waals surface area (Å²) in [5, 5.41) is 3.51. The van der Waals surface area contributed by atoms with Gasteiger partial charge in [0.25, 0.3) is 0 Å². The summed E-state index contributed by atoms with van der Waals surface area (Å²) >= 11 is 3.18. The van der Waals surface area contributed by atoms with E-state index in [2.05, 4.69) is 42.0 Å². The predicted molar refractivity (Wildman–Crippen MR) is 72.7 cm³/mol.